The number of rotatable bonds is 2. The molecular formula is C8H15. The lowest BCUT2D eigenvalue weighted by atomic mass is 9.95. The van der Waals surface area contributed by atoms with Gasteiger partial charge >= 0.3 is 0 Å². The van der Waals surface area contributed by atoms with Crippen molar-refractivity contribution in [1.29, 1.82) is 0 Å². The Morgan fingerprint density at radius 3 is 1.62 bits per heavy atom. The van der Waals surface area contributed by atoms with Gasteiger partial charge in [0.2, 0.25) is 0 Å². The molecule has 0 N–H and O–H groups in total. The van der Waals surface area contributed by atoms with E-state index in [-0.39, 0.29) is 0 Å². The summed E-state index contributed by atoms with van der Waals surface area (Å²) in [5, 5.41) is 0. The Morgan fingerprint density at radius 1 is 1.25 bits per heavy atom. The van der Waals surface area contributed by atoms with Crippen molar-refractivity contribution >= 4 is 0 Å². The van der Waals surface area contributed by atoms with Gasteiger partial charge in [0, 0.05) is 0 Å². The topological polar surface area (TPSA) is 0 Å². The van der Waals surface area contributed by atoms with Gasteiger partial charge in [-0.15, -0.1) is 0 Å². The van der Waals surface area contributed by atoms with E-state index in [2.05, 4.69) is 34.3 Å². The molecule has 0 heterocycles. The van der Waals surface area contributed by atoms with E-state index in [1.165, 1.54) is 11.5 Å². The average molecular weight is 111 g/mol. The maximum atomic E-state index is 3.92. The molecule has 0 fully saturated rings. The van der Waals surface area contributed by atoms with E-state index >= 15 is 0 Å². The highest BCUT2D eigenvalue weighted by molar-refractivity contribution is 5.17. The van der Waals surface area contributed by atoms with Crippen LogP contribution in [0.4, 0.5) is 0 Å². The third kappa shape index (κ3) is 2.15. The molecule has 1 radical (unpaired) electrons. The van der Waals surface area contributed by atoms with Gasteiger partial charge in [-0.25, -0.2) is 0 Å². The molecule has 0 bridgehead atoms. The summed E-state index contributed by atoms with van der Waals surface area (Å²) in [4.78, 5) is 0. The molecule has 0 aromatic rings. The molecule has 0 nitrogen and oxygen atoms in total. The first-order valence-electron chi connectivity index (χ1n) is 3.05. The first kappa shape index (κ1) is 7.74. The number of hydrogen-bond donors (Lipinski definition) is 0. The van der Waals surface area contributed by atoms with Crippen LogP contribution in [0.2, 0.25) is 0 Å². The second kappa shape index (κ2) is 2.91. The van der Waals surface area contributed by atoms with Gasteiger partial charge in [-0.05, 0) is 11.8 Å². The molecule has 0 spiro atoms. The summed E-state index contributed by atoms with van der Waals surface area (Å²) < 4.78 is 0. The summed E-state index contributed by atoms with van der Waals surface area (Å²) in [6, 6.07) is 0. The highest BCUT2D eigenvalue weighted by Crippen LogP contribution is 2.17. The van der Waals surface area contributed by atoms with Crippen molar-refractivity contribution < 1.29 is 0 Å². The lowest BCUT2D eigenvalue weighted by Crippen LogP contribution is -1.97. The molecule has 0 aromatic carbocycles. The van der Waals surface area contributed by atoms with Crippen LogP contribution in [-0.4, -0.2) is 0 Å². The van der Waals surface area contributed by atoms with E-state index in [0.717, 1.165) is 0 Å². The lowest BCUT2D eigenvalue weighted by Gasteiger charge is -2.11. The summed E-state index contributed by atoms with van der Waals surface area (Å²) >= 11 is 0. The van der Waals surface area contributed by atoms with E-state index in [9.17, 15) is 0 Å². The van der Waals surface area contributed by atoms with Gasteiger partial charge in [-0.3, -0.25) is 0 Å². The number of allylic oxidation sites excluding steroid dienone is 1. The molecule has 0 saturated heterocycles. The fourth-order valence-electron chi connectivity index (χ4n) is 0.577. The predicted molar refractivity (Wildman–Crippen MR) is 38.6 cm³/mol. The van der Waals surface area contributed by atoms with E-state index in [1.54, 1.807) is 0 Å². The molecule has 8 heavy (non-hydrogen) atoms. The van der Waals surface area contributed by atoms with Crippen LogP contribution in [0.15, 0.2) is 12.2 Å². The Kier molecular flexibility index (Phi) is 2.81. The molecule has 0 unspecified atom stereocenters. The van der Waals surface area contributed by atoms with Crippen LogP contribution in [0.3, 0.4) is 0 Å². The van der Waals surface area contributed by atoms with E-state index in [4.69, 9.17) is 0 Å². The molecule has 0 aliphatic heterocycles. The zero-order valence-corrected chi connectivity index (χ0v) is 6.28. The highest BCUT2D eigenvalue weighted by atomic mass is 14.1. The minimum atomic E-state index is 0.611. The molecule has 0 saturated carbocycles. The van der Waals surface area contributed by atoms with Gasteiger partial charge < -0.3 is 0 Å². The molecule has 0 amide bonds. The van der Waals surface area contributed by atoms with Gasteiger partial charge in [-0.2, -0.15) is 0 Å². The van der Waals surface area contributed by atoms with Gasteiger partial charge in [0.05, 0.1) is 0 Å². The van der Waals surface area contributed by atoms with Crippen LogP contribution < -0.4 is 0 Å². The zero-order valence-electron chi connectivity index (χ0n) is 6.28. The molecule has 0 heteroatoms. The first-order valence-corrected chi connectivity index (χ1v) is 3.05. The third-order valence-corrected chi connectivity index (χ3v) is 1.34. The molecule has 0 aliphatic carbocycles. The minimum absolute atomic E-state index is 0.611. The van der Waals surface area contributed by atoms with Crippen LogP contribution >= 0.6 is 0 Å². The molecular weight excluding hydrogens is 96.1 g/mol. The molecule has 0 aromatic heterocycles. The van der Waals surface area contributed by atoms with Crippen molar-refractivity contribution in [1.82, 2.24) is 0 Å². The highest BCUT2D eigenvalue weighted by Gasteiger charge is 2.03. The maximum Gasteiger partial charge on any atom is -0.00565 e. The average Bonchev–Trinajstić information content (AvgIpc) is 1.64. The maximum absolute atomic E-state index is 3.92. The Labute approximate surface area is 52.6 Å². The smallest absolute Gasteiger partial charge is 0.00565 e. The standard InChI is InChI=1S/C8H15/c1-6(2)8(5)7(3)4/h6H,5H2,1-4H3. The van der Waals surface area contributed by atoms with E-state index in [0.29, 0.717) is 5.92 Å². The second-order valence-corrected chi connectivity index (χ2v) is 2.68. The summed E-state index contributed by atoms with van der Waals surface area (Å²) in [6.45, 7) is 12.4. The van der Waals surface area contributed by atoms with Crippen molar-refractivity contribution in [3.05, 3.63) is 18.1 Å². The molecule has 0 aliphatic rings. The van der Waals surface area contributed by atoms with Crippen molar-refractivity contribution in [3.8, 4) is 0 Å². The SMILES string of the molecule is C=C([C](C)C)C(C)C. The summed E-state index contributed by atoms with van der Waals surface area (Å²) in [5.74, 6) is 1.96. The molecule has 0 atom stereocenters. The summed E-state index contributed by atoms with van der Waals surface area (Å²) in [7, 11) is 0. The normalized spacial score (nSPS) is 10.8. The van der Waals surface area contributed by atoms with Crippen molar-refractivity contribution in [3.63, 3.8) is 0 Å². The third-order valence-electron chi connectivity index (χ3n) is 1.34. The summed E-state index contributed by atoms with van der Waals surface area (Å²) in [6.07, 6.45) is 0. The van der Waals surface area contributed by atoms with Crippen LogP contribution in [0.1, 0.15) is 27.7 Å². The van der Waals surface area contributed by atoms with Crippen LogP contribution in [0.25, 0.3) is 0 Å². The molecule has 0 rings (SSSR count). The van der Waals surface area contributed by atoms with Gasteiger partial charge in [0.15, 0.2) is 0 Å². The Hall–Kier alpha value is -0.260. The fourth-order valence-corrected chi connectivity index (χ4v) is 0.577. The summed E-state index contributed by atoms with van der Waals surface area (Å²) in [5.41, 5.74) is 1.27. The Morgan fingerprint density at radius 2 is 1.62 bits per heavy atom. The van der Waals surface area contributed by atoms with Crippen LogP contribution in [0.5, 0.6) is 0 Å². The van der Waals surface area contributed by atoms with Gasteiger partial charge in [0.1, 0.15) is 0 Å². The van der Waals surface area contributed by atoms with E-state index in [1.807, 2.05) is 0 Å². The first-order chi connectivity index (χ1) is 3.55. The van der Waals surface area contributed by atoms with Crippen molar-refractivity contribution in [2.24, 2.45) is 5.92 Å². The monoisotopic (exact) mass is 111 g/mol. The fraction of sp³-hybridized carbons (Fsp3) is 0.625. The Bertz CT molecular complexity index is 68.0. The van der Waals surface area contributed by atoms with Crippen LogP contribution in [-0.2, 0) is 0 Å². The van der Waals surface area contributed by atoms with E-state index < -0.39 is 0 Å². The van der Waals surface area contributed by atoms with Crippen molar-refractivity contribution in [2.45, 2.75) is 27.7 Å². The van der Waals surface area contributed by atoms with Crippen molar-refractivity contribution in [2.75, 3.05) is 0 Å². The predicted octanol–water partition coefficient (Wildman–Crippen LogP) is 2.81. The quantitative estimate of drug-likeness (QED) is 0.514. The minimum Gasteiger partial charge on any atom is -0.0990 e. The number of hydrogen-bond acceptors (Lipinski definition) is 0. The second-order valence-electron chi connectivity index (χ2n) is 2.68. The van der Waals surface area contributed by atoms with Gasteiger partial charge in [0.25, 0.3) is 0 Å². The lowest BCUT2D eigenvalue weighted by molar-refractivity contribution is 0.751. The van der Waals surface area contributed by atoms with Gasteiger partial charge in [-0.1, -0.05) is 39.8 Å². The molecule has 47 valence electrons. The largest absolute Gasteiger partial charge is 0.0990 e. The zero-order chi connectivity index (χ0) is 6.73. The Balaban J connectivity index is 3.65. The van der Waals surface area contributed by atoms with Crippen LogP contribution in [0, 0.1) is 11.8 Å².